The Hall–Kier alpha value is -1.13. The molecule has 0 N–H and O–H groups in total. The summed E-state index contributed by atoms with van der Waals surface area (Å²) in [7, 11) is 1.63. The van der Waals surface area contributed by atoms with Crippen molar-refractivity contribution < 1.29 is 8.42 Å². The van der Waals surface area contributed by atoms with Crippen LogP contribution < -0.4 is 0 Å². The van der Waals surface area contributed by atoms with Gasteiger partial charge in [-0.3, -0.25) is 4.98 Å². The molecule has 0 radical (unpaired) electrons. The number of fused-ring (bicyclic) bond motifs is 1. The van der Waals surface area contributed by atoms with Gasteiger partial charge in [-0.2, -0.15) is 0 Å². The summed E-state index contributed by atoms with van der Waals surface area (Å²) in [5.41, 5.74) is 0.660. The van der Waals surface area contributed by atoms with Crippen molar-refractivity contribution in [2.24, 2.45) is 0 Å². The minimum atomic E-state index is -3.72. The van der Waals surface area contributed by atoms with Gasteiger partial charge in [0.1, 0.15) is 0 Å². The lowest BCUT2D eigenvalue weighted by Gasteiger charge is -2.05. The van der Waals surface area contributed by atoms with Crippen molar-refractivity contribution in [3.05, 3.63) is 36.2 Å². The van der Waals surface area contributed by atoms with Crippen molar-refractivity contribution >= 4 is 30.5 Å². The molecule has 0 spiro atoms. The maximum absolute atomic E-state index is 11.3. The van der Waals surface area contributed by atoms with Crippen molar-refractivity contribution in [3.8, 4) is 0 Å². The lowest BCUT2D eigenvalue weighted by Crippen LogP contribution is -1.95. The molecule has 0 saturated heterocycles. The van der Waals surface area contributed by atoms with Crippen LogP contribution in [0.3, 0.4) is 0 Å². The average molecular weight is 242 g/mol. The monoisotopic (exact) mass is 241 g/mol. The molecular weight excluding hydrogens is 234 g/mol. The van der Waals surface area contributed by atoms with Crippen LogP contribution in [-0.4, -0.2) is 13.4 Å². The van der Waals surface area contributed by atoms with Gasteiger partial charge in [0, 0.05) is 28.0 Å². The summed E-state index contributed by atoms with van der Waals surface area (Å²) in [5.74, 6) is 0. The van der Waals surface area contributed by atoms with Crippen LogP contribution in [0.2, 0.25) is 0 Å². The van der Waals surface area contributed by atoms with Crippen molar-refractivity contribution in [2.75, 3.05) is 0 Å². The summed E-state index contributed by atoms with van der Waals surface area (Å²) in [6.07, 6.45) is 1.64. The van der Waals surface area contributed by atoms with E-state index < -0.39 is 9.05 Å². The molecule has 15 heavy (non-hydrogen) atoms. The molecular formula is C10H8ClNO2S. The van der Waals surface area contributed by atoms with Gasteiger partial charge in [-0.25, -0.2) is 8.42 Å². The second-order valence-corrected chi connectivity index (χ2v) is 5.72. The van der Waals surface area contributed by atoms with E-state index in [0.717, 1.165) is 5.39 Å². The minimum absolute atomic E-state index is 0.118. The predicted octanol–water partition coefficient (Wildman–Crippen LogP) is 2.47. The van der Waals surface area contributed by atoms with Gasteiger partial charge < -0.3 is 0 Å². The Bertz CT molecular complexity index is 617. The summed E-state index contributed by atoms with van der Waals surface area (Å²) in [5, 5.41) is 1.42. The Morgan fingerprint density at radius 1 is 1.27 bits per heavy atom. The number of aromatic nitrogens is 1. The van der Waals surface area contributed by atoms with Gasteiger partial charge in [-0.05, 0) is 24.4 Å². The van der Waals surface area contributed by atoms with E-state index >= 15 is 0 Å². The quantitative estimate of drug-likeness (QED) is 0.721. The normalized spacial score (nSPS) is 11.9. The molecule has 0 aliphatic rings. The number of hydrogen-bond acceptors (Lipinski definition) is 3. The maximum Gasteiger partial charge on any atom is 0.261 e. The van der Waals surface area contributed by atoms with E-state index in [0.29, 0.717) is 11.1 Å². The molecule has 2 rings (SSSR count). The number of aryl methyl sites for hydroxylation is 1. The third kappa shape index (κ3) is 1.82. The molecule has 0 fully saturated rings. The Balaban J connectivity index is 2.99. The van der Waals surface area contributed by atoms with Crippen LogP contribution in [-0.2, 0) is 9.05 Å². The molecule has 1 aromatic heterocycles. The lowest BCUT2D eigenvalue weighted by molar-refractivity contribution is 0.610. The van der Waals surface area contributed by atoms with Crippen LogP contribution in [0.25, 0.3) is 10.8 Å². The summed E-state index contributed by atoms with van der Waals surface area (Å²) in [6.45, 7) is 1.76. The Morgan fingerprint density at radius 2 is 2.00 bits per heavy atom. The molecule has 0 unspecified atom stereocenters. The van der Waals surface area contributed by atoms with Crippen molar-refractivity contribution in [1.82, 2.24) is 4.98 Å². The topological polar surface area (TPSA) is 47.0 Å². The smallest absolute Gasteiger partial charge is 0.261 e. The van der Waals surface area contributed by atoms with Gasteiger partial charge in [0.05, 0.1) is 4.90 Å². The van der Waals surface area contributed by atoms with Crippen molar-refractivity contribution in [1.29, 1.82) is 0 Å². The van der Waals surface area contributed by atoms with Crippen LogP contribution in [0.4, 0.5) is 0 Å². The molecule has 0 aliphatic carbocycles. The fourth-order valence-electron chi connectivity index (χ4n) is 1.57. The van der Waals surface area contributed by atoms with Crippen LogP contribution in [0.15, 0.2) is 35.4 Å². The molecule has 0 saturated carbocycles. The largest absolute Gasteiger partial charge is 0.261 e. The number of rotatable bonds is 1. The second-order valence-electron chi connectivity index (χ2n) is 3.19. The van der Waals surface area contributed by atoms with E-state index in [2.05, 4.69) is 4.98 Å². The van der Waals surface area contributed by atoms with E-state index in [1.165, 1.54) is 6.07 Å². The molecule has 0 aliphatic heterocycles. The number of benzene rings is 1. The molecule has 1 heterocycles. The summed E-state index contributed by atoms with van der Waals surface area (Å²) < 4.78 is 22.7. The number of nitrogens with zero attached hydrogens (tertiary/aromatic N) is 1. The van der Waals surface area contributed by atoms with E-state index in [-0.39, 0.29) is 4.90 Å². The first-order chi connectivity index (χ1) is 7.00. The highest BCUT2D eigenvalue weighted by molar-refractivity contribution is 8.14. The van der Waals surface area contributed by atoms with E-state index in [1.54, 1.807) is 25.3 Å². The fourth-order valence-corrected chi connectivity index (χ4v) is 2.71. The zero-order chi connectivity index (χ0) is 11.1. The highest BCUT2D eigenvalue weighted by atomic mass is 35.7. The first kappa shape index (κ1) is 10.4. The van der Waals surface area contributed by atoms with Gasteiger partial charge in [0.25, 0.3) is 9.05 Å². The highest BCUT2D eigenvalue weighted by Crippen LogP contribution is 2.27. The zero-order valence-electron chi connectivity index (χ0n) is 7.94. The molecule has 78 valence electrons. The standard InChI is InChI=1S/C10H8ClNO2S/c1-7-10-8(5-6-12-7)3-2-4-9(10)15(11,13)14/h2-6H,1H3. The second kappa shape index (κ2) is 3.47. The van der Waals surface area contributed by atoms with Crippen LogP contribution in [0.1, 0.15) is 5.69 Å². The molecule has 2 aromatic rings. The lowest BCUT2D eigenvalue weighted by atomic mass is 10.1. The molecule has 0 atom stereocenters. The molecule has 1 aromatic carbocycles. The Labute approximate surface area is 92.1 Å². The van der Waals surface area contributed by atoms with Crippen molar-refractivity contribution in [2.45, 2.75) is 11.8 Å². The number of halogens is 1. The minimum Gasteiger partial charge on any atom is -0.261 e. The van der Waals surface area contributed by atoms with Gasteiger partial charge in [-0.1, -0.05) is 12.1 Å². The summed E-state index contributed by atoms with van der Waals surface area (Å²) in [4.78, 5) is 4.18. The maximum atomic E-state index is 11.3. The molecule has 5 heteroatoms. The van der Waals surface area contributed by atoms with Crippen LogP contribution >= 0.6 is 10.7 Å². The van der Waals surface area contributed by atoms with Crippen LogP contribution in [0.5, 0.6) is 0 Å². The first-order valence-electron chi connectivity index (χ1n) is 4.29. The fraction of sp³-hybridized carbons (Fsp3) is 0.100. The van der Waals surface area contributed by atoms with Crippen LogP contribution in [0, 0.1) is 6.92 Å². The third-order valence-corrected chi connectivity index (χ3v) is 3.57. The number of pyridine rings is 1. The highest BCUT2D eigenvalue weighted by Gasteiger charge is 2.15. The van der Waals surface area contributed by atoms with E-state index in [4.69, 9.17) is 10.7 Å². The Kier molecular flexibility index (Phi) is 2.40. The third-order valence-electron chi connectivity index (χ3n) is 2.21. The van der Waals surface area contributed by atoms with Gasteiger partial charge in [0.2, 0.25) is 0 Å². The van der Waals surface area contributed by atoms with Gasteiger partial charge in [0.15, 0.2) is 0 Å². The zero-order valence-corrected chi connectivity index (χ0v) is 9.51. The van der Waals surface area contributed by atoms with E-state index in [1.807, 2.05) is 6.07 Å². The SMILES string of the molecule is Cc1nccc2cccc(S(=O)(=O)Cl)c12. The summed E-state index contributed by atoms with van der Waals surface area (Å²) in [6, 6.07) is 6.74. The number of hydrogen-bond donors (Lipinski definition) is 0. The van der Waals surface area contributed by atoms with Gasteiger partial charge in [-0.15, -0.1) is 0 Å². The average Bonchev–Trinajstić information content (AvgIpc) is 2.16. The molecule has 0 bridgehead atoms. The van der Waals surface area contributed by atoms with E-state index in [9.17, 15) is 8.42 Å². The molecule has 3 nitrogen and oxygen atoms in total. The molecule has 0 amide bonds. The van der Waals surface area contributed by atoms with Gasteiger partial charge >= 0.3 is 0 Å². The summed E-state index contributed by atoms with van der Waals surface area (Å²) >= 11 is 0. The Morgan fingerprint density at radius 3 is 2.67 bits per heavy atom. The van der Waals surface area contributed by atoms with Crippen molar-refractivity contribution in [3.63, 3.8) is 0 Å². The first-order valence-corrected chi connectivity index (χ1v) is 6.60. The predicted molar refractivity (Wildman–Crippen MR) is 59.5 cm³/mol.